The van der Waals surface area contributed by atoms with Crippen LogP contribution in [0.25, 0.3) is 16.9 Å². The topological polar surface area (TPSA) is 46.0 Å². The van der Waals surface area contributed by atoms with Gasteiger partial charge in [0.05, 0.1) is 22.8 Å². The minimum atomic E-state index is 0.222. The lowest BCUT2D eigenvalue weighted by Crippen LogP contribution is -1.90. The molecule has 0 aliphatic rings. The lowest BCUT2D eigenvalue weighted by Gasteiger charge is -2.05. The molecule has 3 heterocycles. The summed E-state index contributed by atoms with van der Waals surface area (Å²) in [6.45, 7) is 4.33. The quantitative estimate of drug-likeness (QED) is 0.508. The third kappa shape index (κ3) is 3.20. The van der Waals surface area contributed by atoms with Crippen molar-refractivity contribution in [1.29, 1.82) is 0 Å². The molecule has 4 aromatic rings. The van der Waals surface area contributed by atoms with E-state index in [1.54, 1.807) is 11.8 Å². The van der Waals surface area contributed by atoms with Crippen molar-refractivity contribution in [2.24, 2.45) is 0 Å². The molecule has 0 bridgehead atoms. The van der Waals surface area contributed by atoms with Gasteiger partial charge in [-0.25, -0.2) is 9.97 Å². The smallest absolute Gasteiger partial charge is 0.166 e. The molecule has 3 aromatic heterocycles. The molecule has 1 atom stereocenters. The molecule has 5 heteroatoms. The number of nitrogens with zero attached hydrogens (tertiary/aromatic N) is 3. The molecule has 0 aliphatic carbocycles. The summed E-state index contributed by atoms with van der Waals surface area (Å²) >= 11 is 1.70. The van der Waals surface area contributed by atoms with E-state index < -0.39 is 0 Å². The number of nitrogens with one attached hydrogen (secondary N) is 1. The van der Waals surface area contributed by atoms with Crippen molar-refractivity contribution in [2.45, 2.75) is 30.7 Å². The fourth-order valence-electron chi connectivity index (χ4n) is 2.92. The van der Waals surface area contributed by atoms with E-state index in [-0.39, 0.29) is 5.25 Å². The van der Waals surface area contributed by atoms with Gasteiger partial charge in [-0.05, 0) is 30.5 Å². The van der Waals surface area contributed by atoms with Crippen LogP contribution in [0.1, 0.15) is 30.4 Å². The molecule has 1 unspecified atom stereocenters. The number of rotatable bonds is 5. The lowest BCUT2D eigenvalue weighted by molar-refractivity contribution is 0.995. The molecule has 25 heavy (non-hydrogen) atoms. The summed E-state index contributed by atoms with van der Waals surface area (Å²) in [7, 11) is 0. The first-order valence-electron chi connectivity index (χ1n) is 8.48. The Labute approximate surface area is 151 Å². The van der Waals surface area contributed by atoms with E-state index in [2.05, 4.69) is 64.9 Å². The monoisotopic (exact) mass is 348 g/mol. The first kappa shape index (κ1) is 16.0. The van der Waals surface area contributed by atoms with Crippen molar-refractivity contribution >= 4 is 17.4 Å². The predicted octanol–water partition coefficient (Wildman–Crippen LogP) is 5.14. The molecule has 0 radical (unpaired) electrons. The summed E-state index contributed by atoms with van der Waals surface area (Å²) in [5.41, 5.74) is 5.59. The summed E-state index contributed by atoms with van der Waals surface area (Å²) in [6, 6.07) is 14.5. The van der Waals surface area contributed by atoms with Crippen molar-refractivity contribution in [3.63, 3.8) is 0 Å². The molecule has 0 saturated carbocycles. The van der Waals surface area contributed by atoms with Crippen LogP contribution in [0.5, 0.6) is 0 Å². The lowest BCUT2D eigenvalue weighted by atomic mass is 10.2. The Bertz CT molecular complexity index is 987. The average Bonchev–Trinajstić information content (AvgIpc) is 3.29. The zero-order valence-electron chi connectivity index (χ0n) is 14.3. The van der Waals surface area contributed by atoms with Crippen LogP contribution in [-0.4, -0.2) is 19.4 Å². The molecule has 126 valence electrons. The molecule has 0 spiro atoms. The van der Waals surface area contributed by atoms with Gasteiger partial charge in [-0.15, -0.1) is 0 Å². The number of imidazole rings is 2. The van der Waals surface area contributed by atoms with Crippen LogP contribution in [0.15, 0.2) is 66.2 Å². The maximum atomic E-state index is 4.85. The number of thioether (sulfide) groups is 1. The normalized spacial score (nSPS) is 12.6. The van der Waals surface area contributed by atoms with Crippen LogP contribution in [0.4, 0.5) is 0 Å². The highest BCUT2D eigenvalue weighted by Gasteiger charge is 2.15. The molecule has 1 aromatic carbocycles. The van der Waals surface area contributed by atoms with E-state index in [0.717, 1.165) is 34.2 Å². The maximum Gasteiger partial charge on any atom is 0.166 e. The van der Waals surface area contributed by atoms with E-state index in [0.29, 0.717) is 0 Å². The molecule has 0 amide bonds. The molecule has 1 N–H and O–H groups in total. The van der Waals surface area contributed by atoms with Gasteiger partial charge in [0.15, 0.2) is 5.16 Å². The highest BCUT2D eigenvalue weighted by Crippen LogP contribution is 2.34. The SMILES string of the molecule is CCc1cccn2cc(C(C)Sc3ncc(-c4ccccc4)[nH]3)nc12. The largest absolute Gasteiger partial charge is 0.333 e. The fourth-order valence-corrected chi connectivity index (χ4v) is 3.77. The van der Waals surface area contributed by atoms with Gasteiger partial charge in [-0.3, -0.25) is 0 Å². The third-order valence-electron chi connectivity index (χ3n) is 4.31. The fraction of sp³-hybridized carbons (Fsp3) is 0.200. The first-order valence-corrected chi connectivity index (χ1v) is 9.36. The highest BCUT2D eigenvalue weighted by molar-refractivity contribution is 7.99. The maximum absolute atomic E-state index is 4.85. The van der Waals surface area contributed by atoms with Gasteiger partial charge >= 0.3 is 0 Å². The number of aromatic amines is 1. The molecule has 0 fully saturated rings. The van der Waals surface area contributed by atoms with E-state index in [1.165, 1.54) is 5.56 Å². The second kappa shape index (κ2) is 6.76. The molecular weight excluding hydrogens is 328 g/mol. The Morgan fingerprint density at radius 3 is 2.80 bits per heavy atom. The van der Waals surface area contributed by atoms with E-state index in [4.69, 9.17) is 4.98 Å². The molecule has 4 nitrogen and oxygen atoms in total. The number of aryl methyl sites for hydroxylation is 1. The van der Waals surface area contributed by atoms with Gasteiger partial charge < -0.3 is 9.38 Å². The number of hydrogen-bond donors (Lipinski definition) is 1. The average molecular weight is 348 g/mol. The zero-order chi connectivity index (χ0) is 17.2. The summed E-state index contributed by atoms with van der Waals surface area (Å²) in [5, 5.41) is 1.14. The molecule has 0 aliphatic heterocycles. The van der Waals surface area contributed by atoms with Crippen molar-refractivity contribution in [1.82, 2.24) is 19.4 Å². The minimum absolute atomic E-state index is 0.222. The summed E-state index contributed by atoms with van der Waals surface area (Å²) in [5.74, 6) is 0. The summed E-state index contributed by atoms with van der Waals surface area (Å²) in [4.78, 5) is 12.8. The Morgan fingerprint density at radius 1 is 1.16 bits per heavy atom. The minimum Gasteiger partial charge on any atom is -0.333 e. The number of benzene rings is 1. The number of fused-ring (bicyclic) bond motifs is 1. The van der Waals surface area contributed by atoms with Gasteiger partial charge in [0.1, 0.15) is 5.65 Å². The van der Waals surface area contributed by atoms with Crippen LogP contribution in [0.3, 0.4) is 0 Å². The van der Waals surface area contributed by atoms with Gasteiger partial charge in [0, 0.05) is 12.4 Å². The van der Waals surface area contributed by atoms with Crippen molar-refractivity contribution in [3.8, 4) is 11.3 Å². The van der Waals surface area contributed by atoms with Crippen LogP contribution >= 0.6 is 11.8 Å². The number of H-pyrrole nitrogens is 1. The van der Waals surface area contributed by atoms with Crippen molar-refractivity contribution in [3.05, 3.63) is 72.3 Å². The summed E-state index contributed by atoms with van der Waals surface area (Å²) < 4.78 is 2.11. The Balaban J connectivity index is 1.56. The molecule has 0 saturated heterocycles. The highest BCUT2D eigenvalue weighted by atomic mass is 32.2. The van der Waals surface area contributed by atoms with Crippen LogP contribution in [0, 0.1) is 0 Å². The third-order valence-corrected chi connectivity index (χ3v) is 5.33. The van der Waals surface area contributed by atoms with Gasteiger partial charge in [-0.1, -0.05) is 55.1 Å². The Hall–Kier alpha value is -2.53. The molecular formula is C20H20N4S. The predicted molar refractivity (Wildman–Crippen MR) is 103 cm³/mol. The number of aromatic nitrogens is 4. The Kier molecular flexibility index (Phi) is 4.32. The van der Waals surface area contributed by atoms with Gasteiger partial charge in [-0.2, -0.15) is 0 Å². The molecule has 4 rings (SSSR count). The van der Waals surface area contributed by atoms with Gasteiger partial charge in [0.2, 0.25) is 0 Å². The number of pyridine rings is 1. The van der Waals surface area contributed by atoms with Crippen molar-refractivity contribution < 1.29 is 0 Å². The van der Waals surface area contributed by atoms with Gasteiger partial charge in [0.25, 0.3) is 0 Å². The first-order chi connectivity index (χ1) is 12.2. The van der Waals surface area contributed by atoms with E-state index in [9.17, 15) is 0 Å². The standard InChI is InChI=1S/C20H20N4S/c1-3-15-10-7-11-24-13-18(22-19(15)24)14(2)25-20-21-12-17(23-20)16-8-5-4-6-9-16/h4-14H,3H2,1-2H3,(H,21,23). The van der Waals surface area contributed by atoms with Crippen molar-refractivity contribution in [2.75, 3.05) is 0 Å². The van der Waals surface area contributed by atoms with Crippen LogP contribution in [-0.2, 0) is 6.42 Å². The zero-order valence-corrected chi connectivity index (χ0v) is 15.1. The second-order valence-electron chi connectivity index (χ2n) is 6.01. The van der Waals surface area contributed by atoms with E-state index >= 15 is 0 Å². The second-order valence-corrected chi connectivity index (χ2v) is 7.34. The van der Waals surface area contributed by atoms with Crippen LogP contribution in [0.2, 0.25) is 0 Å². The summed E-state index contributed by atoms with van der Waals surface area (Å²) in [6.07, 6.45) is 7.06. The van der Waals surface area contributed by atoms with Crippen LogP contribution < -0.4 is 0 Å². The number of hydrogen-bond acceptors (Lipinski definition) is 3. The van der Waals surface area contributed by atoms with E-state index in [1.807, 2.05) is 24.4 Å². The Morgan fingerprint density at radius 2 is 2.00 bits per heavy atom.